The van der Waals surface area contributed by atoms with Gasteiger partial charge in [0.15, 0.2) is 11.6 Å². The van der Waals surface area contributed by atoms with Gasteiger partial charge >= 0.3 is 0 Å². The molecule has 5 rings (SSSR count). The van der Waals surface area contributed by atoms with Crippen LogP contribution in [0.5, 0.6) is 5.75 Å². The summed E-state index contributed by atoms with van der Waals surface area (Å²) in [6.07, 6.45) is -0.0670. The van der Waals surface area contributed by atoms with Gasteiger partial charge in [0, 0.05) is 58.7 Å². The second-order valence-corrected chi connectivity index (χ2v) is 10.7. The Morgan fingerprint density at radius 2 is 1.85 bits per heavy atom. The third-order valence-corrected chi connectivity index (χ3v) is 7.59. The van der Waals surface area contributed by atoms with Crippen molar-refractivity contribution in [3.05, 3.63) is 104 Å². The Balaban J connectivity index is 1.62. The summed E-state index contributed by atoms with van der Waals surface area (Å²) in [5, 5.41) is 12.9. The largest absolute Gasteiger partial charge is 0.494 e. The van der Waals surface area contributed by atoms with E-state index in [4.69, 9.17) is 24.3 Å². The molecule has 11 heteroatoms. The van der Waals surface area contributed by atoms with Gasteiger partial charge in [-0.1, -0.05) is 57.4 Å². The van der Waals surface area contributed by atoms with Crippen molar-refractivity contribution in [1.29, 1.82) is 0 Å². The highest BCUT2D eigenvalue weighted by molar-refractivity contribution is 9.10. The van der Waals surface area contributed by atoms with E-state index in [9.17, 15) is 10.3 Å². The molecule has 0 bridgehead atoms. The SMILES string of the molecule is [N-]=[N+]=Nc1ccccc1[C@H]1OC(c2ccc(OCCCO)cc2)=N[C@@]1(Cc1ccc(Br)cc1)C(=O)N1CCOCC1. The zero-order valence-electron chi connectivity index (χ0n) is 22.4. The van der Waals surface area contributed by atoms with Crippen LogP contribution in [-0.4, -0.2) is 66.9 Å². The number of azide groups is 1. The molecule has 0 spiro atoms. The average Bonchev–Trinajstić information content (AvgIpc) is 3.39. The van der Waals surface area contributed by atoms with Gasteiger partial charge < -0.3 is 24.2 Å². The van der Waals surface area contributed by atoms with Crippen molar-refractivity contribution < 1.29 is 24.1 Å². The molecule has 2 heterocycles. The van der Waals surface area contributed by atoms with E-state index in [1.54, 1.807) is 29.2 Å². The maximum absolute atomic E-state index is 14.6. The predicted molar refractivity (Wildman–Crippen MR) is 157 cm³/mol. The van der Waals surface area contributed by atoms with Gasteiger partial charge in [-0.15, -0.1) is 0 Å². The normalized spacial score (nSPS) is 20.1. The van der Waals surface area contributed by atoms with E-state index in [2.05, 4.69) is 26.0 Å². The van der Waals surface area contributed by atoms with E-state index < -0.39 is 11.6 Å². The molecule has 0 aliphatic carbocycles. The number of aliphatic imine (C=N–C) groups is 1. The lowest BCUT2D eigenvalue weighted by molar-refractivity contribution is -0.143. The van der Waals surface area contributed by atoms with Crippen LogP contribution in [-0.2, 0) is 20.7 Å². The fourth-order valence-corrected chi connectivity index (χ4v) is 5.31. The number of ether oxygens (including phenoxy) is 3. The number of halogens is 1. The highest BCUT2D eigenvalue weighted by Crippen LogP contribution is 2.46. The van der Waals surface area contributed by atoms with Crippen LogP contribution in [0, 0.1) is 0 Å². The molecule has 0 aromatic heterocycles. The van der Waals surface area contributed by atoms with E-state index in [1.807, 2.05) is 48.5 Å². The lowest BCUT2D eigenvalue weighted by atomic mass is 9.81. The number of hydrogen-bond donors (Lipinski definition) is 1. The molecular weight excluding hydrogens is 590 g/mol. The van der Waals surface area contributed by atoms with Crippen molar-refractivity contribution in [2.24, 2.45) is 10.1 Å². The van der Waals surface area contributed by atoms with Gasteiger partial charge in [0.2, 0.25) is 5.90 Å². The van der Waals surface area contributed by atoms with E-state index >= 15 is 0 Å². The summed E-state index contributed by atoms with van der Waals surface area (Å²) in [7, 11) is 0. The van der Waals surface area contributed by atoms with Gasteiger partial charge in [0.1, 0.15) is 5.75 Å². The summed E-state index contributed by atoms with van der Waals surface area (Å²) in [6, 6.07) is 22.2. The van der Waals surface area contributed by atoms with Crippen LogP contribution < -0.4 is 4.74 Å². The number of aliphatic hydroxyl groups excluding tert-OH is 1. The van der Waals surface area contributed by atoms with Crippen molar-refractivity contribution in [3.8, 4) is 5.75 Å². The van der Waals surface area contributed by atoms with Crippen molar-refractivity contribution in [2.45, 2.75) is 24.5 Å². The summed E-state index contributed by atoms with van der Waals surface area (Å²) in [6.45, 7) is 2.21. The maximum Gasteiger partial charge on any atom is 0.255 e. The molecule has 2 atom stereocenters. The Labute approximate surface area is 246 Å². The molecule has 3 aromatic rings. The number of nitrogens with zero attached hydrogens (tertiary/aromatic N) is 5. The fourth-order valence-electron chi connectivity index (χ4n) is 5.05. The smallest absolute Gasteiger partial charge is 0.255 e. The van der Waals surface area contributed by atoms with Gasteiger partial charge in [-0.2, -0.15) is 0 Å². The first kappa shape index (κ1) is 28.6. The number of carbonyl (C=O) groups excluding carboxylic acids is 1. The third kappa shape index (κ3) is 6.39. The highest BCUT2D eigenvalue weighted by atomic mass is 79.9. The molecule has 3 aromatic carbocycles. The predicted octanol–water partition coefficient (Wildman–Crippen LogP) is 5.51. The lowest BCUT2D eigenvalue weighted by Crippen LogP contribution is -2.54. The van der Waals surface area contributed by atoms with Crippen molar-refractivity contribution in [1.82, 2.24) is 4.90 Å². The van der Waals surface area contributed by atoms with Gasteiger partial charge in [0.05, 0.1) is 19.8 Å². The summed E-state index contributed by atoms with van der Waals surface area (Å²) in [4.78, 5) is 24.4. The molecule has 10 nitrogen and oxygen atoms in total. The molecular formula is C30H30BrN5O5. The number of amides is 1. The zero-order chi connectivity index (χ0) is 28.7. The van der Waals surface area contributed by atoms with E-state index in [0.29, 0.717) is 67.8 Å². The second kappa shape index (κ2) is 13.2. The first-order chi connectivity index (χ1) is 20.0. The number of hydrogen-bond acceptors (Lipinski definition) is 7. The van der Waals surface area contributed by atoms with E-state index in [0.717, 1.165) is 10.0 Å². The van der Waals surface area contributed by atoms with Crippen LogP contribution in [0.4, 0.5) is 5.69 Å². The number of carbonyl (C=O) groups is 1. The molecule has 0 unspecified atom stereocenters. The van der Waals surface area contributed by atoms with Crippen LogP contribution in [0.1, 0.15) is 29.2 Å². The van der Waals surface area contributed by atoms with Gasteiger partial charge in [-0.05, 0) is 47.5 Å². The molecule has 1 saturated heterocycles. The summed E-state index contributed by atoms with van der Waals surface area (Å²) in [5.74, 6) is 0.784. The first-order valence-corrected chi connectivity index (χ1v) is 14.2. The minimum Gasteiger partial charge on any atom is -0.494 e. The summed E-state index contributed by atoms with van der Waals surface area (Å²) >= 11 is 3.49. The minimum atomic E-state index is -1.38. The van der Waals surface area contributed by atoms with Crippen LogP contribution in [0.25, 0.3) is 10.4 Å². The molecule has 1 N–H and O–H groups in total. The van der Waals surface area contributed by atoms with Crippen LogP contribution >= 0.6 is 15.9 Å². The lowest BCUT2D eigenvalue weighted by Gasteiger charge is -2.37. The first-order valence-electron chi connectivity index (χ1n) is 13.4. The number of rotatable bonds is 10. The summed E-state index contributed by atoms with van der Waals surface area (Å²) in [5.41, 5.74) is 10.5. The number of aliphatic hydroxyl groups is 1. The Hall–Kier alpha value is -3.89. The topological polar surface area (TPSA) is 129 Å². The molecule has 2 aliphatic rings. The Morgan fingerprint density at radius 3 is 2.56 bits per heavy atom. The Morgan fingerprint density at radius 1 is 1.12 bits per heavy atom. The second-order valence-electron chi connectivity index (χ2n) is 9.75. The van der Waals surface area contributed by atoms with Gasteiger partial charge in [0.25, 0.3) is 5.91 Å². The van der Waals surface area contributed by atoms with Crippen LogP contribution in [0.15, 0.2) is 87.4 Å². The van der Waals surface area contributed by atoms with Gasteiger partial charge in [-0.25, -0.2) is 4.99 Å². The third-order valence-electron chi connectivity index (χ3n) is 7.06. The molecule has 41 heavy (non-hydrogen) atoms. The van der Waals surface area contributed by atoms with Gasteiger partial charge in [-0.3, -0.25) is 4.79 Å². The van der Waals surface area contributed by atoms with Crippen LogP contribution in [0.2, 0.25) is 0 Å². The molecule has 1 amide bonds. The van der Waals surface area contributed by atoms with E-state index in [-0.39, 0.29) is 18.9 Å². The zero-order valence-corrected chi connectivity index (χ0v) is 23.9. The molecule has 212 valence electrons. The molecule has 1 fully saturated rings. The van der Waals surface area contributed by atoms with Crippen LogP contribution in [0.3, 0.4) is 0 Å². The maximum atomic E-state index is 14.6. The van der Waals surface area contributed by atoms with E-state index in [1.165, 1.54) is 0 Å². The Kier molecular flexibility index (Phi) is 9.21. The Bertz CT molecular complexity index is 1440. The highest BCUT2D eigenvalue weighted by Gasteiger charge is 2.55. The standard InChI is InChI=1S/C30H30BrN5O5/c31-23-10-6-21(7-11-23)20-30(29(38)36-14-18-39-19-15-36)27(25-4-1-2-5-26(25)34-35-32)41-28(33-30)22-8-12-24(13-9-22)40-17-3-16-37/h1-2,4-13,27,37H,3,14-20H2/t27-,30-/m1/s1. The van der Waals surface area contributed by atoms with Crippen molar-refractivity contribution in [2.75, 3.05) is 39.5 Å². The number of morpholine rings is 1. The fraction of sp³-hybridized carbons (Fsp3) is 0.333. The quantitative estimate of drug-likeness (QED) is 0.138. The van der Waals surface area contributed by atoms with Crippen molar-refractivity contribution >= 4 is 33.4 Å². The monoisotopic (exact) mass is 619 g/mol. The molecule has 0 radical (unpaired) electrons. The molecule has 2 aliphatic heterocycles. The van der Waals surface area contributed by atoms with Crippen molar-refractivity contribution in [3.63, 3.8) is 0 Å². The number of benzene rings is 3. The summed E-state index contributed by atoms with van der Waals surface area (Å²) < 4.78 is 18.7. The molecule has 0 saturated carbocycles. The minimum absolute atomic E-state index is 0.0546. The average molecular weight is 621 g/mol.